The zero-order chi connectivity index (χ0) is 24.1. The average Bonchev–Trinajstić information content (AvgIpc) is 3.12. The first kappa shape index (κ1) is 23.9. The molecular weight excluding hydrogens is 423 g/mol. The fourth-order valence-corrected chi connectivity index (χ4v) is 3.80. The highest BCUT2D eigenvalue weighted by molar-refractivity contribution is 6.07. The highest BCUT2D eigenvalue weighted by Crippen LogP contribution is 2.24. The molecule has 0 fully saturated rings. The molecule has 0 spiro atoms. The number of nitrogens with zero attached hydrogens (tertiary/aromatic N) is 1. The number of aromatic nitrogens is 1. The minimum absolute atomic E-state index is 0.119. The minimum Gasteiger partial charge on any atom is -0.461 e. The molecular formula is C26H27FN2O4. The lowest BCUT2D eigenvalue weighted by molar-refractivity contribution is 0.0518. The molecule has 1 aromatic heterocycles. The van der Waals surface area contributed by atoms with Crippen LogP contribution in [0, 0.1) is 19.7 Å². The van der Waals surface area contributed by atoms with Crippen LogP contribution >= 0.6 is 0 Å². The van der Waals surface area contributed by atoms with E-state index in [1.807, 2.05) is 0 Å². The minimum atomic E-state index is -0.842. The molecule has 3 aromatic rings. The molecule has 0 saturated heterocycles. The van der Waals surface area contributed by atoms with E-state index in [4.69, 9.17) is 4.74 Å². The van der Waals surface area contributed by atoms with Gasteiger partial charge in [0.2, 0.25) is 0 Å². The lowest BCUT2D eigenvalue weighted by Crippen LogP contribution is -2.43. The number of carbonyl (C=O) groups excluding carboxylic acids is 3. The summed E-state index contributed by atoms with van der Waals surface area (Å²) in [6, 6.07) is 13.6. The van der Waals surface area contributed by atoms with Crippen LogP contribution in [0.25, 0.3) is 0 Å². The molecule has 0 saturated carbocycles. The monoisotopic (exact) mass is 450 g/mol. The molecule has 1 N–H and O–H groups in total. The van der Waals surface area contributed by atoms with Crippen LogP contribution < -0.4 is 0 Å². The van der Waals surface area contributed by atoms with Crippen molar-refractivity contribution in [3.8, 4) is 0 Å². The number of H-pyrrole nitrogens is 1. The summed E-state index contributed by atoms with van der Waals surface area (Å²) in [6.07, 6.45) is 0. The Morgan fingerprint density at radius 2 is 1.67 bits per heavy atom. The maximum atomic E-state index is 13.6. The van der Waals surface area contributed by atoms with Gasteiger partial charge in [0.25, 0.3) is 5.91 Å². The molecule has 1 heterocycles. The standard InChI is InChI=1S/C26H27FN2O4/c1-5-33-26(32)23-16(2)22(17(3)28-23)24(30)18(4)29(15-19-11-13-21(27)14-12-19)25(31)20-9-7-6-8-10-20/h6-14,18,28H,5,15H2,1-4H3. The third-order valence-corrected chi connectivity index (χ3v) is 5.56. The smallest absolute Gasteiger partial charge is 0.355 e. The van der Waals surface area contributed by atoms with Gasteiger partial charge in [-0.05, 0) is 63.1 Å². The van der Waals surface area contributed by atoms with Gasteiger partial charge in [-0.3, -0.25) is 9.59 Å². The van der Waals surface area contributed by atoms with E-state index in [-0.39, 0.29) is 36.4 Å². The summed E-state index contributed by atoms with van der Waals surface area (Å²) < 4.78 is 18.5. The normalized spacial score (nSPS) is 11.7. The number of hydrogen-bond donors (Lipinski definition) is 1. The maximum absolute atomic E-state index is 13.6. The van der Waals surface area contributed by atoms with Crippen molar-refractivity contribution in [2.75, 3.05) is 6.61 Å². The fourth-order valence-electron chi connectivity index (χ4n) is 3.80. The van der Waals surface area contributed by atoms with E-state index in [1.54, 1.807) is 70.2 Å². The Bertz CT molecular complexity index is 1150. The number of nitrogens with one attached hydrogen (secondary N) is 1. The Morgan fingerprint density at radius 3 is 2.27 bits per heavy atom. The van der Waals surface area contributed by atoms with Crippen LogP contribution in [0.3, 0.4) is 0 Å². The van der Waals surface area contributed by atoms with Gasteiger partial charge in [0.15, 0.2) is 5.78 Å². The summed E-state index contributed by atoms with van der Waals surface area (Å²) in [5, 5.41) is 0. The van der Waals surface area contributed by atoms with E-state index < -0.39 is 12.0 Å². The predicted molar refractivity (Wildman–Crippen MR) is 123 cm³/mol. The van der Waals surface area contributed by atoms with Crippen molar-refractivity contribution in [1.29, 1.82) is 0 Å². The summed E-state index contributed by atoms with van der Waals surface area (Å²) >= 11 is 0. The molecule has 2 aromatic carbocycles. The number of rotatable bonds is 8. The van der Waals surface area contributed by atoms with Crippen molar-refractivity contribution < 1.29 is 23.5 Å². The topological polar surface area (TPSA) is 79.5 Å². The van der Waals surface area contributed by atoms with Crippen molar-refractivity contribution >= 4 is 17.7 Å². The van der Waals surface area contributed by atoms with Gasteiger partial charge in [-0.1, -0.05) is 30.3 Å². The lowest BCUT2D eigenvalue weighted by Gasteiger charge is -2.29. The van der Waals surface area contributed by atoms with Crippen molar-refractivity contribution in [3.05, 3.63) is 94.1 Å². The predicted octanol–water partition coefficient (Wildman–Crippen LogP) is 4.86. The quantitative estimate of drug-likeness (QED) is 0.393. The molecule has 1 unspecified atom stereocenters. The number of halogens is 1. The molecule has 0 aliphatic rings. The summed E-state index contributed by atoms with van der Waals surface area (Å²) in [6.45, 7) is 7.08. The zero-order valence-electron chi connectivity index (χ0n) is 19.1. The summed E-state index contributed by atoms with van der Waals surface area (Å²) in [5.74, 6) is -1.54. The highest BCUT2D eigenvalue weighted by atomic mass is 19.1. The van der Waals surface area contributed by atoms with Crippen molar-refractivity contribution in [2.45, 2.75) is 40.3 Å². The molecule has 7 heteroatoms. The zero-order valence-corrected chi connectivity index (χ0v) is 19.1. The number of carbonyl (C=O) groups is 3. The number of esters is 1. The first-order valence-electron chi connectivity index (χ1n) is 10.8. The van der Waals surface area contributed by atoms with Crippen LogP contribution in [0.4, 0.5) is 4.39 Å². The van der Waals surface area contributed by atoms with Gasteiger partial charge in [-0.2, -0.15) is 0 Å². The third-order valence-electron chi connectivity index (χ3n) is 5.56. The highest BCUT2D eigenvalue weighted by Gasteiger charge is 2.31. The Hall–Kier alpha value is -3.74. The molecule has 0 radical (unpaired) electrons. The van der Waals surface area contributed by atoms with E-state index >= 15 is 0 Å². The van der Waals surface area contributed by atoms with E-state index in [0.29, 0.717) is 27.9 Å². The molecule has 1 atom stereocenters. The molecule has 1 amide bonds. The summed E-state index contributed by atoms with van der Waals surface area (Å²) in [7, 11) is 0. The van der Waals surface area contributed by atoms with E-state index in [1.165, 1.54) is 17.0 Å². The Labute approximate surface area is 192 Å². The van der Waals surface area contributed by atoms with Crippen molar-refractivity contribution in [1.82, 2.24) is 9.88 Å². The molecule has 0 aliphatic carbocycles. The number of ether oxygens (including phenoxy) is 1. The van der Waals surface area contributed by atoms with Crippen LogP contribution in [-0.4, -0.2) is 40.2 Å². The molecule has 172 valence electrons. The Kier molecular flexibility index (Phi) is 7.43. The lowest BCUT2D eigenvalue weighted by atomic mass is 9.98. The van der Waals surface area contributed by atoms with Gasteiger partial charge in [0.1, 0.15) is 11.5 Å². The summed E-state index contributed by atoms with van der Waals surface area (Å²) in [4.78, 5) is 43.6. The number of benzene rings is 2. The first-order valence-corrected chi connectivity index (χ1v) is 10.8. The van der Waals surface area contributed by atoms with Gasteiger partial charge in [0.05, 0.1) is 12.6 Å². The second-order valence-electron chi connectivity index (χ2n) is 7.81. The second kappa shape index (κ2) is 10.3. The van der Waals surface area contributed by atoms with Crippen LogP contribution in [0.1, 0.15) is 61.9 Å². The average molecular weight is 451 g/mol. The second-order valence-corrected chi connectivity index (χ2v) is 7.81. The molecule has 0 bridgehead atoms. The maximum Gasteiger partial charge on any atom is 0.355 e. The number of hydrogen-bond acceptors (Lipinski definition) is 4. The van der Waals surface area contributed by atoms with E-state index in [2.05, 4.69) is 4.98 Å². The number of aryl methyl sites for hydroxylation is 1. The van der Waals surface area contributed by atoms with Crippen LogP contribution in [0.5, 0.6) is 0 Å². The van der Waals surface area contributed by atoms with E-state index in [0.717, 1.165) is 0 Å². The molecule has 3 rings (SSSR count). The number of Topliss-reactive ketones (excluding diaryl/α,β-unsaturated/α-hetero) is 1. The third kappa shape index (κ3) is 5.19. The Morgan fingerprint density at radius 1 is 1.03 bits per heavy atom. The van der Waals surface area contributed by atoms with Crippen LogP contribution in [0.2, 0.25) is 0 Å². The van der Waals surface area contributed by atoms with Gasteiger partial charge >= 0.3 is 5.97 Å². The largest absolute Gasteiger partial charge is 0.461 e. The van der Waals surface area contributed by atoms with Crippen LogP contribution in [-0.2, 0) is 11.3 Å². The van der Waals surface area contributed by atoms with E-state index in [9.17, 15) is 18.8 Å². The van der Waals surface area contributed by atoms with Gasteiger partial charge in [-0.15, -0.1) is 0 Å². The number of aromatic amines is 1. The number of amides is 1. The first-order chi connectivity index (χ1) is 15.7. The summed E-state index contributed by atoms with van der Waals surface area (Å²) in [5.41, 5.74) is 2.72. The molecule has 0 aliphatic heterocycles. The molecule has 6 nitrogen and oxygen atoms in total. The van der Waals surface area contributed by atoms with Crippen molar-refractivity contribution in [3.63, 3.8) is 0 Å². The van der Waals surface area contributed by atoms with Crippen molar-refractivity contribution in [2.24, 2.45) is 0 Å². The Balaban J connectivity index is 1.98. The number of ketones is 1. The van der Waals surface area contributed by atoms with Crippen LogP contribution in [0.15, 0.2) is 54.6 Å². The van der Waals surface area contributed by atoms with Gasteiger partial charge in [-0.25, -0.2) is 9.18 Å². The van der Waals surface area contributed by atoms with Gasteiger partial charge in [0, 0.05) is 23.4 Å². The molecule has 33 heavy (non-hydrogen) atoms. The van der Waals surface area contributed by atoms with Gasteiger partial charge < -0.3 is 14.6 Å². The fraction of sp³-hybridized carbons (Fsp3) is 0.269. The SMILES string of the molecule is CCOC(=O)c1[nH]c(C)c(C(=O)C(C)N(Cc2ccc(F)cc2)C(=O)c2ccccc2)c1C.